The molecule has 9 nitrogen and oxygen atoms in total. The van der Waals surface area contributed by atoms with Gasteiger partial charge >= 0.3 is 5.97 Å². The highest BCUT2D eigenvalue weighted by Crippen LogP contribution is 2.40. The van der Waals surface area contributed by atoms with E-state index in [9.17, 15) is 14.4 Å². The van der Waals surface area contributed by atoms with E-state index >= 15 is 0 Å². The summed E-state index contributed by atoms with van der Waals surface area (Å²) in [5, 5.41) is 6.90. The number of nitrogens with two attached hydrogens (primary N) is 1. The largest absolute Gasteiger partial charge is 0.461 e. The van der Waals surface area contributed by atoms with Gasteiger partial charge in [0.25, 0.3) is 5.91 Å². The monoisotopic (exact) mass is 407 g/mol. The van der Waals surface area contributed by atoms with E-state index in [1.807, 2.05) is 20.8 Å². The zero-order chi connectivity index (χ0) is 20.7. The number of esters is 1. The van der Waals surface area contributed by atoms with Crippen molar-refractivity contribution in [1.29, 1.82) is 0 Å². The normalized spacial score (nSPS) is 22.5. The average molecular weight is 407 g/mol. The molecule has 3 N–H and O–H groups in total. The minimum absolute atomic E-state index is 0.173. The first-order chi connectivity index (χ1) is 13.1. The molecule has 0 saturated carbocycles. The van der Waals surface area contributed by atoms with Crippen LogP contribution in [-0.2, 0) is 26.2 Å². The van der Waals surface area contributed by atoms with Crippen LogP contribution in [0.25, 0.3) is 0 Å². The molecule has 0 aliphatic carbocycles. The SMILES string of the molecule is CC(=O)OCC1=C(C)N2C(=O)[C@@H](NC(=O)C(N)c3c(C)nn(C)c3C)[C@H]2SC1. The molecule has 0 bridgehead atoms. The van der Waals surface area contributed by atoms with E-state index in [0.717, 1.165) is 17.0 Å². The van der Waals surface area contributed by atoms with Crippen molar-refractivity contribution in [1.82, 2.24) is 20.0 Å². The van der Waals surface area contributed by atoms with Crippen LogP contribution in [0.3, 0.4) is 0 Å². The molecule has 3 heterocycles. The Bertz CT molecular complexity index is 878. The molecule has 1 saturated heterocycles. The number of aryl methyl sites for hydroxylation is 2. The number of hydrogen-bond donors (Lipinski definition) is 2. The summed E-state index contributed by atoms with van der Waals surface area (Å²) in [5.74, 6) is -0.310. The minimum atomic E-state index is -0.889. The van der Waals surface area contributed by atoms with E-state index in [-0.39, 0.29) is 23.9 Å². The lowest BCUT2D eigenvalue weighted by Crippen LogP contribution is -2.70. The fourth-order valence-corrected chi connectivity index (χ4v) is 4.99. The van der Waals surface area contributed by atoms with Gasteiger partial charge in [-0.05, 0) is 26.3 Å². The summed E-state index contributed by atoms with van der Waals surface area (Å²) in [5.41, 5.74) is 10.0. The number of thioether (sulfide) groups is 1. The number of β-lactam (4-membered cyclic amide) rings is 1. The van der Waals surface area contributed by atoms with Crippen LogP contribution in [0.1, 0.15) is 36.8 Å². The number of ether oxygens (including phenoxy) is 1. The van der Waals surface area contributed by atoms with E-state index in [0.29, 0.717) is 17.0 Å². The summed E-state index contributed by atoms with van der Waals surface area (Å²) in [6.45, 7) is 7.02. The van der Waals surface area contributed by atoms with Gasteiger partial charge in [-0.25, -0.2) is 0 Å². The van der Waals surface area contributed by atoms with Crippen LogP contribution in [0.5, 0.6) is 0 Å². The number of carbonyl (C=O) groups excluding carboxylic acids is 3. The molecule has 10 heteroatoms. The summed E-state index contributed by atoms with van der Waals surface area (Å²) in [6, 6.07) is -1.51. The number of fused-ring (bicyclic) bond motifs is 1. The van der Waals surface area contributed by atoms with Gasteiger partial charge in [0.1, 0.15) is 24.1 Å². The number of aromatic nitrogens is 2. The van der Waals surface area contributed by atoms with Crippen LogP contribution >= 0.6 is 11.8 Å². The molecule has 28 heavy (non-hydrogen) atoms. The molecule has 1 unspecified atom stereocenters. The first-order valence-electron chi connectivity index (χ1n) is 8.96. The van der Waals surface area contributed by atoms with Crippen LogP contribution in [-0.4, -0.2) is 56.2 Å². The van der Waals surface area contributed by atoms with Crippen molar-refractivity contribution in [2.45, 2.75) is 45.2 Å². The van der Waals surface area contributed by atoms with Gasteiger partial charge in [0.15, 0.2) is 0 Å². The van der Waals surface area contributed by atoms with Crippen molar-refractivity contribution in [3.05, 3.63) is 28.2 Å². The van der Waals surface area contributed by atoms with Crippen molar-refractivity contribution in [3.8, 4) is 0 Å². The number of carbonyl (C=O) groups is 3. The highest BCUT2D eigenvalue weighted by molar-refractivity contribution is 8.00. The van der Waals surface area contributed by atoms with Gasteiger partial charge in [-0.1, -0.05) is 0 Å². The number of nitrogens with one attached hydrogen (secondary N) is 1. The quantitative estimate of drug-likeness (QED) is 0.531. The van der Waals surface area contributed by atoms with Crippen molar-refractivity contribution >= 4 is 29.5 Å². The van der Waals surface area contributed by atoms with E-state index in [1.54, 1.807) is 16.6 Å². The van der Waals surface area contributed by atoms with Gasteiger partial charge in [0.05, 0.1) is 5.69 Å². The maximum absolute atomic E-state index is 12.7. The summed E-state index contributed by atoms with van der Waals surface area (Å²) in [6.07, 6.45) is 0. The standard InChI is InChI=1S/C18H25N5O4S/c1-8-13(10(3)22(5)21-8)14(19)16(25)20-15-17(26)23-9(2)12(6-27-11(4)24)7-28-18(15)23/h14-15,18H,6-7,19H2,1-5H3,(H,20,25)/t14?,15-,18-/m1/s1. The molecule has 2 aliphatic rings. The molecule has 0 spiro atoms. The first kappa shape index (κ1) is 20.4. The molecule has 3 atom stereocenters. The maximum Gasteiger partial charge on any atom is 0.302 e. The molecular weight excluding hydrogens is 382 g/mol. The fourth-order valence-electron chi connectivity index (χ4n) is 3.53. The Morgan fingerprint density at radius 3 is 2.64 bits per heavy atom. The number of nitrogens with zero attached hydrogens (tertiary/aromatic N) is 3. The Morgan fingerprint density at radius 1 is 1.39 bits per heavy atom. The van der Waals surface area contributed by atoms with Gasteiger partial charge in [0, 0.05) is 36.7 Å². The van der Waals surface area contributed by atoms with Crippen LogP contribution in [0.2, 0.25) is 0 Å². The predicted molar refractivity (Wildman–Crippen MR) is 104 cm³/mol. The Kier molecular flexibility index (Phi) is 5.53. The third-order valence-electron chi connectivity index (χ3n) is 5.25. The Balaban J connectivity index is 1.68. The molecule has 2 amide bonds. The molecule has 2 aliphatic heterocycles. The van der Waals surface area contributed by atoms with Crippen LogP contribution in [0.15, 0.2) is 11.3 Å². The van der Waals surface area contributed by atoms with E-state index in [1.165, 1.54) is 18.7 Å². The minimum Gasteiger partial charge on any atom is -0.461 e. The molecule has 1 aromatic heterocycles. The molecule has 152 valence electrons. The average Bonchev–Trinajstić information content (AvgIpc) is 2.89. The molecule has 1 fully saturated rings. The van der Waals surface area contributed by atoms with Gasteiger partial charge in [-0.15, -0.1) is 11.8 Å². The zero-order valence-electron chi connectivity index (χ0n) is 16.6. The van der Waals surface area contributed by atoms with Crippen molar-refractivity contribution in [3.63, 3.8) is 0 Å². The highest BCUT2D eigenvalue weighted by Gasteiger charge is 2.52. The maximum atomic E-state index is 12.7. The van der Waals surface area contributed by atoms with Gasteiger partial charge in [-0.3, -0.25) is 24.0 Å². The number of amides is 2. The lowest BCUT2D eigenvalue weighted by Gasteiger charge is -2.50. The van der Waals surface area contributed by atoms with E-state index in [2.05, 4.69) is 10.4 Å². The van der Waals surface area contributed by atoms with E-state index in [4.69, 9.17) is 10.5 Å². The molecular formula is C18H25N5O4S. The zero-order valence-corrected chi connectivity index (χ0v) is 17.4. The second kappa shape index (κ2) is 7.59. The fraction of sp³-hybridized carbons (Fsp3) is 0.556. The Labute approximate surface area is 167 Å². The Hall–Kier alpha value is -2.33. The topological polar surface area (TPSA) is 120 Å². The lowest BCUT2D eigenvalue weighted by atomic mass is 10.0. The number of rotatable bonds is 5. The van der Waals surface area contributed by atoms with Crippen molar-refractivity contribution in [2.75, 3.05) is 12.4 Å². The Morgan fingerprint density at radius 2 is 2.07 bits per heavy atom. The van der Waals surface area contributed by atoms with Crippen molar-refractivity contribution in [2.24, 2.45) is 12.8 Å². The second-order valence-corrected chi connectivity index (χ2v) is 8.16. The summed E-state index contributed by atoms with van der Waals surface area (Å²) >= 11 is 1.53. The summed E-state index contributed by atoms with van der Waals surface area (Å²) < 4.78 is 6.73. The van der Waals surface area contributed by atoms with Gasteiger partial charge in [0.2, 0.25) is 5.91 Å². The first-order valence-corrected chi connectivity index (χ1v) is 10.0. The molecule has 1 aromatic rings. The van der Waals surface area contributed by atoms with Crippen LogP contribution in [0.4, 0.5) is 0 Å². The third-order valence-corrected chi connectivity index (χ3v) is 6.59. The van der Waals surface area contributed by atoms with Crippen molar-refractivity contribution < 1.29 is 19.1 Å². The molecule has 0 radical (unpaired) electrons. The van der Waals surface area contributed by atoms with E-state index < -0.39 is 18.0 Å². The van der Waals surface area contributed by atoms with Gasteiger partial charge < -0.3 is 15.8 Å². The predicted octanol–water partition coefficient (Wildman–Crippen LogP) is 0.274. The lowest BCUT2D eigenvalue weighted by molar-refractivity contribution is -0.146. The summed E-state index contributed by atoms with van der Waals surface area (Å²) in [7, 11) is 1.80. The smallest absolute Gasteiger partial charge is 0.302 e. The van der Waals surface area contributed by atoms with Gasteiger partial charge in [-0.2, -0.15) is 5.10 Å². The number of hydrogen-bond acceptors (Lipinski definition) is 7. The summed E-state index contributed by atoms with van der Waals surface area (Å²) in [4.78, 5) is 38.0. The second-order valence-electron chi connectivity index (χ2n) is 7.05. The number of allylic oxidation sites excluding steroid dienone is 1. The third kappa shape index (κ3) is 3.42. The molecule has 3 rings (SSSR count). The van der Waals surface area contributed by atoms with Crippen LogP contribution in [0, 0.1) is 13.8 Å². The molecule has 0 aromatic carbocycles. The highest BCUT2D eigenvalue weighted by atomic mass is 32.2. The van der Waals surface area contributed by atoms with Crippen LogP contribution < -0.4 is 11.1 Å².